The van der Waals surface area contributed by atoms with Gasteiger partial charge in [-0.3, -0.25) is 4.68 Å². The highest BCUT2D eigenvalue weighted by atomic mass is 16.5. The summed E-state index contributed by atoms with van der Waals surface area (Å²) in [4.78, 5) is 26.4. The molecule has 1 fully saturated rings. The number of likely N-dealkylation sites (tertiary alicyclic amines) is 1. The minimum atomic E-state index is -0.917. The Morgan fingerprint density at radius 2 is 2.14 bits per heavy atom. The van der Waals surface area contributed by atoms with E-state index in [2.05, 4.69) is 15.1 Å². The number of carboxylic acid groups (broad SMARTS) is 1. The van der Waals surface area contributed by atoms with Crippen LogP contribution in [0.1, 0.15) is 32.4 Å². The van der Waals surface area contributed by atoms with Gasteiger partial charge < -0.3 is 19.3 Å². The van der Waals surface area contributed by atoms with E-state index in [-0.39, 0.29) is 12.1 Å². The first-order valence-corrected chi connectivity index (χ1v) is 9.82. The lowest BCUT2D eigenvalue weighted by Crippen LogP contribution is -2.40. The van der Waals surface area contributed by atoms with Gasteiger partial charge in [0.15, 0.2) is 11.2 Å². The first-order valence-electron chi connectivity index (χ1n) is 9.82. The first kappa shape index (κ1) is 19.2. The van der Waals surface area contributed by atoms with Crippen LogP contribution in [0.4, 0.5) is 4.79 Å². The molecule has 0 aliphatic carbocycles. The summed E-state index contributed by atoms with van der Waals surface area (Å²) in [5.41, 5.74) is 3.19. The maximum atomic E-state index is 11.5. The lowest BCUT2D eigenvalue weighted by molar-refractivity contribution is 0.108. The van der Waals surface area contributed by atoms with E-state index in [0.29, 0.717) is 36.4 Å². The fourth-order valence-corrected chi connectivity index (χ4v) is 4.12. The molecule has 3 aromatic rings. The zero-order valence-electron chi connectivity index (χ0n) is 17.0. The summed E-state index contributed by atoms with van der Waals surface area (Å²) in [7, 11) is 1.90. The molecule has 1 N–H and O–H groups in total. The smallest absolute Gasteiger partial charge is 0.407 e. The Morgan fingerprint density at radius 1 is 1.34 bits per heavy atom. The second kappa shape index (κ2) is 7.34. The minimum Gasteiger partial charge on any atom is -0.470 e. The molecule has 2 unspecified atom stereocenters. The highest BCUT2D eigenvalue weighted by Gasteiger charge is 2.38. The van der Waals surface area contributed by atoms with Crippen LogP contribution in [-0.2, 0) is 13.6 Å². The Bertz CT molecular complexity index is 1060. The molecule has 4 heterocycles. The van der Waals surface area contributed by atoms with Crippen LogP contribution in [-0.4, -0.2) is 64.1 Å². The summed E-state index contributed by atoms with van der Waals surface area (Å²) in [6.07, 6.45) is 3.38. The van der Waals surface area contributed by atoms with Crippen molar-refractivity contribution in [3.63, 3.8) is 0 Å². The Balaban J connectivity index is 1.72. The van der Waals surface area contributed by atoms with Gasteiger partial charge in [0.1, 0.15) is 18.3 Å². The number of rotatable bonds is 5. The van der Waals surface area contributed by atoms with Gasteiger partial charge >= 0.3 is 6.09 Å². The lowest BCUT2D eigenvalue weighted by atomic mass is 10.1. The molecule has 0 spiro atoms. The van der Waals surface area contributed by atoms with Crippen molar-refractivity contribution in [2.75, 3.05) is 6.54 Å². The number of aromatic nitrogens is 6. The van der Waals surface area contributed by atoms with Crippen LogP contribution in [0.5, 0.6) is 5.88 Å². The van der Waals surface area contributed by atoms with Gasteiger partial charge in [-0.1, -0.05) is 6.92 Å². The molecule has 0 bridgehead atoms. The normalized spacial score (nSPS) is 19.2. The zero-order valence-corrected chi connectivity index (χ0v) is 17.0. The molecule has 1 aliphatic rings. The van der Waals surface area contributed by atoms with E-state index in [0.717, 1.165) is 23.6 Å². The summed E-state index contributed by atoms with van der Waals surface area (Å²) >= 11 is 0. The Labute approximate surface area is 168 Å². The molecule has 29 heavy (non-hydrogen) atoms. The molecular formula is C19H25N7O3. The quantitative estimate of drug-likeness (QED) is 0.701. The van der Waals surface area contributed by atoms with Crippen molar-refractivity contribution in [3.8, 4) is 17.3 Å². The Morgan fingerprint density at radius 3 is 2.79 bits per heavy atom. The number of fused-ring (bicyclic) bond motifs is 1. The molecule has 0 aromatic carbocycles. The van der Waals surface area contributed by atoms with Gasteiger partial charge in [-0.05, 0) is 20.3 Å². The predicted molar refractivity (Wildman–Crippen MR) is 106 cm³/mol. The SMILES string of the molecule is CCC1C(Oc2ncnc3c2nc(-c2cnn(CC)c2C)n3C)CCN1C(=O)O. The highest BCUT2D eigenvalue weighted by molar-refractivity contribution is 5.81. The maximum Gasteiger partial charge on any atom is 0.407 e. The average Bonchev–Trinajstić information content (AvgIpc) is 3.38. The third-order valence-corrected chi connectivity index (χ3v) is 5.68. The van der Waals surface area contributed by atoms with Crippen LogP contribution < -0.4 is 4.74 Å². The molecule has 1 saturated heterocycles. The number of hydrogen-bond donors (Lipinski definition) is 1. The van der Waals surface area contributed by atoms with E-state index in [1.807, 2.05) is 43.3 Å². The van der Waals surface area contributed by atoms with Gasteiger partial charge in [0.05, 0.1) is 17.8 Å². The molecule has 154 valence electrons. The third-order valence-electron chi connectivity index (χ3n) is 5.68. The standard InChI is InChI=1S/C19H25N7O3/c1-5-13-14(7-8-25(13)19(27)28)29-18-15-17(20-10-21-18)24(4)16(23-15)12-9-22-26(6-2)11(12)3/h9-10,13-14H,5-8H2,1-4H3,(H,27,28). The van der Waals surface area contributed by atoms with Crippen molar-refractivity contribution in [1.29, 1.82) is 0 Å². The van der Waals surface area contributed by atoms with Gasteiger partial charge in [-0.25, -0.2) is 14.8 Å². The number of amides is 1. The van der Waals surface area contributed by atoms with Crippen LogP contribution in [0.25, 0.3) is 22.6 Å². The van der Waals surface area contributed by atoms with Crippen LogP contribution in [0, 0.1) is 6.92 Å². The predicted octanol–water partition coefficient (Wildman–Crippen LogP) is 2.46. The Hall–Kier alpha value is -3.17. The van der Waals surface area contributed by atoms with E-state index in [9.17, 15) is 9.90 Å². The maximum absolute atomic E-state index is 11.5. The number of ether oxygens (including phenoxy) is 1. The number of nitrogens with zero attached hydrogens (tertiary/aromatic N) is 7. The lowest BCUT2D eigenvalue weighted by Gasteiger charge is -2.24. The first-order chi connectivity index (χ1) is 14.0. The molecule has 1 amide bonds. The van der Waals surface area contributed by atoms with Gasteiger partial charge in [-0.2, -0.15) is 10.1 Å². The summed E-state index contributed by atoms with van der Waals surface area (Å²) in [6.45, 7) is 7.26. The van der Waals surface area contributed by atoms with Gasteiger partial charge in [0.2, 0.25) is 5.88 Å². The fraction of sp³-hybridized carbons (Fsp3) is 0.526. The van der Waals surface area contributed by atoms with Crippen molar-refractivity contribution in [2.24, 2.45) is 7.05 Å². The topological polar surface area (TPSA) is 111 Å². The van der Waals surface area contributed by atoms with Crippen molar-refractivity contribution in [2.45, 2.75) is 52.3 Å². The second-order valence-corrected chi connectivity index (χ2v) is 7.20. The fourth-order valence-electron chi connectivity index (χ4n) is 4.12. The summed E-state index contributed by atoms with van der Waals surface area (Å²) in [6, 6.07) is -0.203. The van der Waals surface area contributed by atoms with Gasteiger partial charge in [0.25, 0.3) is 0 Å². The Kier molecular flexibility index (Phi) is 4.85. The largest absolute Gasteiger partial charge is 0.470 e. The van der Waals surface area contributed by atoms with Crippen LogP contribution in [0.15, 0.2) is 12.5 Å². The monoisotopic (exact) mass is 399 g/mol. The minimum absolute atomic E-state index is 0.203. The van der Waals surface area contributed by atoms with Crippen LogP contribution >= 0.6 is 0 Å². The molecule has 4 rings (SSSR count). The summed E-state index contributed by atoms with van der Waals surface area (Å²) in [5.74, 6) is 1.13. The van der Waals surface area contributed by atoms with E-state index in [4.69, 9.17) is 9.72 Å². The molecule has 1 aliphatic heterocycles. The molecule has 10 nitrogen and oxygen atoms in total. The summed E-state index contributed by atoms with van der Waals surface area (Å²) in [5, 5.41) is 13.8. The number of hydrogen-bond acceptors (Lipinski definition) is 6. The van der Waals surface area contributed by atoms with Crippen LogP contribution in [0.2, 0.25) is 0 Å². The van der Waals surface area contributed by atoms with Crippen LogP contribution in [0.3, 0.4) is 0 Å². The molecule has 0 saturated carbocycles. The van der Waals surface area contributed by atoms with E-state index in [1.165, 1.54) is 11.2 Å². The molecule has 3 aromatic heterocycles. The van der Waals surface area contributed by atoms with E-state index >= 15 is 0 Å². The van der Waals surface area contributed by atoms with Crippen molar-refractivity contribution in [1.82, 2.24) is 34.2 Å². The second-order valence-electron chi connectivity index (χ2n) is 7.20. The number of carbonyl (C=O) groups is 1. The number of imidazole rings is 1. The summed E-state index contributed by atoms with van der Waals surface area (Å²) < 4.78 is 10.0. The zero-order chi connectivity index (χ0) is 20.7. The molecule has 10 heteroatoms. The van der Waals surface area contributed by atoms with Gasteiger partial charge in [-0.15, -0.1) is 0 Å². The van der Waals surface area contributed by atoms with E-state index < -0.39 is 6.09 Å². The van der Waals surface area contributed by atoms with Gasteiger partial charge in [0, 0.05) is 32.3 Å². The highest BCUT2D eigenvalue weighted by Crippen LogP contribution is 2.31. The molecule has 0 radical (unpaired) electrons. The average molecular weight is 399 g/mol. The molecular weight excluding hydrogens is 374 g/mol. The third kappa shape index (κ3) is 3.08. The van der Waals surface area contributed by atoms with Crippen molar-refractivity contribution in [3.05, 3.63) is 18.2 Å². The number of aryl methyl sites for hydroxylation is 2. The molecule has 2 atom stereocenters. The van der Waals surface area contributed by atoms with Crippen molar-refractivity contribution < 1.29 is 14.6 Å². The van der Waals surface area contributed by atoms with E-state index in [1.54, 1.807) is 0 Å². The van der Waals surface area contributed by atoms with Crippen molar-refractivity contribution >= 4 is 17.3 Å².